The molecule has 0 spiro atoms. The minimum atomic E-state index is -0.425. The second kappa shape index (κ2) is 7.71. The second-order valence-electron chi connectivity index (χ2n) is 6.02. The van der Waals surface area contributed by atoms with Gasteiger partial charge in [-0.1, -0.05) is 35.9 Å². The first-order valence-corrected chi connectivity index (χ1v) is 8.14. The lowest BCUT2D eigenvalue weighted by Crippen LogP contribution is -2.23. The number of nitrogens with zero attached hydrogens (tertiary/aromatic N) is 1. The van der Waals surface area contributed by atoms with E-state index in [1.54, 1.807) is 24.5 Å². The predicted octanol–water partition coefficient (Wildman–Crippen LogP) is 4.49. The number of anilines is 1. The molecule has 0 aliphatic heterocycles. The van der Waals surface area contributed by atoms with Gasteiger partial charge >= 0.3 is 0 Å². The lowest BCUT2D eigenvalue weighted by molar-refractivity contribution is -0.117. The van der Waals surface area contributed by atoms with Gasteiger partial charge in [-0.25, -0.2) is 4.39 Å². The Morgan fingerprint density at radius 3 is 2.44 bits per heavy atom. The summed E-state index contributed by atoms with van der Waals surface area (Å²) in [5, 5.41) is 2.95. The van der Waals surface area contributed by atoms with Gasteiger partial charge in [-0.3, -0.25) is 9.78 Å². The molecule has 1 amide bonds. The SMILES string of the molecule is Cc1ccc(NC(=O)C(Cc2cccnc2)c2ccc(F)cc2)cc1. The molecule has 0 saturated carbocycles. The fraction of sp³-hybridized carbons (Fsp3) is 0.143. The third-order valence-corrected chi connectivity index (χ3v) is 4.07. The van der Waals surface area contributed by atoms with Gasteiger partial charge in [0, 0.05) is 18.1 Å². The summed E-state index contributed by atoms with van der Waals surface area (Å²) in [5.74, 6) is -0.867. The molecule has 3 aromatic rings. The van der Waals surface area contributed by atoms with Gasteiger partial charge in [0.25, 0.3) is 0 Å². The van der Waals surface area contributed by atoms with Gasteiger partial charge in [-0.05, 0) is 54.8 Å². The number of benzene rings is 2. The molecule has 0 aliphatic carbocycles. The molecule has 2 aromatic carbocycles. The smallest absolute Gasteiger partial charge is 0.232 e. The Morgan fingerprint density at radius 2 is 1.80 bits per heavy atom. The number of hydrogen-bond acceptors (Lipinski definition) is 2. The number of halogens is 1. The van der Waals surface area contributed by atoms with Gasteiger partial charge in [0.15, 0.2) is 0 Å². The van der Waals surface area contributed by atoms with Crippen molar-refractivity contribution in [2.75, 3.05) is 5.32 Å². The quantitative estimate of drug-likeness (QED) is 0.747. The lowest BCUT2D eigenvalue weighted by Gasteiger charge is -2.17. The van der Waals surface area contributed by atoms with Gasteiger partial charge < -0.3 is 5.32 Å². The standard InChI is InChI=1S/C21H19FN2O/c1-15-4-10-19(11-5-15)24-21(25)20(13-16-3-2-12-23-14-16)17-6-8-18(22)9-7-17/h2-12,14,20H,13H2,1H3,(H,24,25). The Kier molecular flexibility index (Phi) is 5.19. The monoisotopic (exact) mass is 334 g/mol. The first-order chi connectivity index (χ1) is 12.1. The number of pyridine rings is 1. The molecule has 0 saturated heterocycles. The topological polar surface area (TPSA) is 42.0 Å². The maximum Gasteiger partial charge on any atom is 0.232 e. The molecule has 3 rings (SSSR count). The highest BCUT2D eigenvalue weighted by Crippen LogP contribution is 2.23. The zero-order valence-electron chi connectivity index (χ0n) is 13.9. The van der Waals surface area contributed by atoms with Crippen LogP contribution >= 0.6 is 0 Å². The van der Waals surface area contributed by atoms with Crippen molar-refractivity contribution in [2.45, 2.75) is 19.3 Å². The minimum Gasteiger partial charge on any atom is -0.326 e. The molecule has 25 heavy (non-hydrogen) atoms. The van der Waals surface area contributed by atoms with Crippen LogP contribution in [0.1, 0.15) is 22.6 Å². The zero-order chi connectivity index (χ0) is 17.6. The van der Waals surface area contributed by atoms with E-state index in [0.717, 1.165) is 22.4 Å². The maximum atomic E-state index is 13.3. The molecule has 1 atom stereocenters. The molecule has 0 aliphatic rings. The molecule has 126 valence electrons. The third kappa shape index (κ3) is 4.51. The van der Waals surface area contributed by atoms with Crippen molar-refractivity contribution in [3.8, 4) is 0 Å². The maximum absolute atomic E-state index is 13.3. The largest absolute Gasteiger partial charge is 0.326 e. The van der Waals surface area contributed by atoms with E-state index >= 15 is 0 Å². The number of aromatic nitrogens is 1. The Morgan fingerprint density at radius 1 is 1.08 bits per heavy atom. The Balaban J connectivity index is 1.85. The predicted molar refractivity (Wildman–Crippen MR) is 96.9 cm³/mol. The molecule has 1 heterocycles. The van der Waals surface area contributed by atoms with E-state index in [4.69, 9.17) is 0 Å². The molecule has 1 N–H and O–H groups in total. The van der Waals surface area contributed by atoms with Crippen LogP contribution in [-0.2, 0) is 11.2 Å². The van der Waals surface area contributed by atoms with Gasteiger partial charge in [0.1, 0.15) is 5.82 Å². The summed E-state index contributed by atoms with van der Waals surface area (Å²) in [5.41, 5.74) is 3.60. The molecule has 0 fully saturated rings. The van der Waals surface area contributed by atoms with E-state index in [1.807, 2.05) is 43.3 Å². The summed E-state index contributed by atoms with van der Waals surface area (Å²) in [7, 11) is 0. The van der Waals surface area contributed by atoms with E-state index in [9.17, 15) is 9.18 Å². The average molecular weight is 334 g/mol. The van der Waals surface area contributed by atoms with Crippen molar-refractivity contribution in [3.05, 3.63) is 95.6 Å². The number of aryl methyl sites for hydroxylation is 1. The van der Waals surface area contributed by atoms with Crippen molar-refractivity contribution >= 4 is 11.6 Å². The molecule has 4 heteroatoms. The number of carbonyl (C=O) groups is 1. The minimum absolute atomic E-state index is 0.126. The summed E-state index contributed by atoms with van der Waals surface area (Å²) in [6, 6.07) is 17.5. The van der Waals surface area contributed by atoms with Crippen LogP contribution in [-0.4, -0.2) is 10.9 Å². The normalized spacial score (nSPS) is 11.8. The molecule has 3 nitrogen and oxygen atoms in total. The summed E-state index contributed by atoms with van der Waals surface area (Å²) in [6.07, 6.45) is 3.94. The Hall–Kier alpha value is -3.01. The lowest BCUT2D eigenvalue weighted by atomic mass is 9.91. The fourth-order valence-electron chi connectivity index (χ4n) is 2.68. The van der Waals surface area contributed by atoms with Crippen molar-refractivity contribution < 1.29 is 9.18 Å². The molecular formula is C21H19FN2O. The molecule has 0 bridgehead atoms. The van der Waals surface area contributed by atoms with E-state index in [-0.39, 0.29) is 11.7 Å². The van der Waals surface area contributed by atoms with Crippen LogP contribution in [0.5, 0.6) is 0 Å². The van der Waals surface area contributed by atoms with E-state index in [1.165, 1.54) is 12.1 Å². The Bertz CT molecular complexity index is 830. The summed E-state index contributed by atoms with van der Waals surface area (Å²) in [6.45, 7) is 2.00. The van der Waals surface area contributed by atoms with Gasteiger partial charge in [-0.2, -0.15) is 0 Å². The van der Waals surface area contributed by atoms with Crippen LogP contribution in [0, 0.1) is 12.7 Å². The number of nitrogens with one attached hydrogen (secondary N) is 1. The first kappa shape index (κ1) is 16.8. The number of carbonyl (C=O) groups excluding carboxylic acids is 1. The number of amides is 1. The van der Waals surface area contributed by atoms with Crippen LogP contribution in [0.2, 0.25) is 0 Å². The molecule has 1 aromatic heterocycles. The van der Waals surface area contributed by atoms with Crippen LogP contribution in [0.4, 0.5) is 10.1 Å². The fourth-order valence-corrected chi connectivity index (χ4v) is 2.68. The highest BCUT2D eigenvalue weighted by Gasteiger charge is 2.21. The van der Waals surface area contributed by atoms with Crippen molar-refractivity contribution in [1.29, 1.82) is 0 Å². The van der Waals surface area contributed by atoms with Crippen molar-refractivity contribution in [2.24, 2.45) is 0 Å². The summed E-state index contributed by atoms with van der Waals surface area (Å²) in [4.78, 5) is 17.0. The number of rotatable bonds is 5. The van der Waals surface area contributed by atoms with Crippen LogP contribution in [0.25, 0.3) is 0 Å². The number of hydrogen-bond donors (Lipinski definition) is 1. The van der Waals surface area contributed by atoms with Crippen LogP contribution in [0.15, 0.2) is 73.1 Å². The van der Waals surface area contributed by atoms with Crippen LogP contribution in [0.3, 0.4) is 0 Å². The second-order valence-corrected chi connectivity index (χ2v) is 6.02. The van der Waals surface area contributed by atoms with Gasteiger partial charge in [-0.15, -0.1) is 0 Å². The summed E-state index contributed by atoms with van der Waals surface area (Å²) >= 11 is 0. The highest BCUT2D eigenvalue weighted by atomic mass is 19.1. The zero-order valence-corrected chi connectivity index (χ0v) is 13.9. The van der Waals surface area contributed by atoms with Crippen LogP contribution < -0.4 is 5.32 Å². The van der Waals surface area contributed by atoms with Crippen molar-refractivity contribution in [1.82, 2.24) is 4.98 Å². The van der Waals surface area contributed by atoms with E-state index in [2.05, 4.69) is 10.3 Å². The van der Waals surface area contributed by atoms with Crippen molar-refractivity contribution in [3.63, 3.8) is 0 Å². The van der Waals surface area contributed by atoms with E-state index in [0.29, 0.717) is 6.42 Å². The highest BCUT2D eigenvalue weighted by molar-refractivity contribution is 5.96. The van der Waals surface area contributed by atoms with E-state index < -0.39 is 5.92 Å². The summed E-state index contributed by atoms with van der Waals surface area (Å²) < 4.78 is 13.3. The molecule has 0 radical (unpaired) electrons. The van der Waals surface area contributed by atoms with Gasteiger partial charge in [0.05, 0.1) is 5.92 Å². The molecule has 1 unspecified atom stereocenters. The van der Waals surface area contributed by atoms with Gasteiger partial charge in [0.2, 0.25) is 5.91 Å². The average Bonchev–Trinajstić information content (AvgIpc) is 2.63. The first-order valence-electron chi connectivity index (χ1n) is 8.14. The third-order valence-electron chi connectivity index (χ3n) is 4.07. The molecular weight excluding hydrogens is 315 g/mol. The Labute approximate surface area is 146 Å².